The molecule has 112 valence electrons. The molecule has 1 aromatic heterocycles. The van der Waals surface area contributed by atoms with Crippen molar-refractivity contribution < 1.29 is 13.6 Å². The van der Waals surface area contributed by atoms with E-state index in [1.165, 1.54) is 0 Å². The topological polar surface area (TPSA) is 101 Å². The van der Waals surface area contributed by atoms with Gasteiger partial charge in [0.1, 0.15) is 5.56 Å². The van der Waals surface area contributed by atoms with Crippen LogP contribution in [0.25, 0.3) is 0 Å². The predicted molar refractivity (Wildman–Crippen MR) is 69.9 cm³/mol. The standard InChI is InChI=1S/C12H18F2N4O2/c1-3-7-8(4-2)17-18-11(20)9(7)10(19)16-6-12(13,14)5-15/h3-6,15H2,1-2H3,(H,16,19)(H,18,20). The van der Waals surface area contributed by atoms with Crippen molar-refractivity contribution in [1.29, 1.82) is 0 Å². The molecule has 0 fully saturated rings. The first-order chi connectivity index (χ1) is 9.36. The molecule has 1 rings (SSSR count). The van der Waals surface area contributed by atoms with Crippen LogP contribution in [0.1, 0.15) is 35.5 Å². The van der Waals surface area contributed by atoms with E-state index in [9.17, 15) is 18.4 Å². The molecule has 0 aromatic carbocycles. The van der Waals surface area contributed by atoms with Gasteiger partial charge in [-0.3, -0.25) is 9.59 Å². The van der Waals surface area contributed by atoms with Crippen LogP contribution in [0, 0.1) is 0 Å². The molecule has 0 spiro atoms. The first-order valence-electron chi connectivity index (χ1n) is 6.32. The van der Waals surface area contributed by atoms with Crippen LogP contribution in [0.2, 0.25) is 0 Å². The SMILES string of the molecule is CCc1n[nH]c(=O)c(C(=O)NCC(F)(F)CN)c1CC. The third-order valence-electron chi connectivity index (χ3n) is 2.89. The number of H-pyrrole nitrogens is 1. The predicted octanol–water partition coefficient (Wildman–Crippen LogP) is 0.218. The number of amides is 1. The van der Waals surface area contributed by atoms with E-state index in [1.807, 2.05) is 12.2 Å². The Kier molecular flexibility index (Phi) is 5.32. The normalized spacial score (nSPS) is 11.4. The first-order valence-corrected chi connectivity index (χ1v) is 6.32. The van der Waals surface area contributed by atoms with Crippen molar-refractivity contribution in [3.8, 4) is 0 Å². The van der Waals surface area contributed by atoms with Gasteiger partial charge < -0.3 is 11.1 Å². The molecule has 1 aromatic rings. The maximum absolute atomic E-state index is 13.0. The number of hydrogen-bond donors (Lipinski definition) is 3. The number of hydrogen-bond acceptors (Lipinski definition) is 4. The van der Waals surface area contributed by atoms with Crippen molar-refractivity contribution in [3.05, 3.63) is 27.2 Å². The van der Waals surface area contributed by atoms with Gasteiger partial charge in [0, 0.05) is 0 Å². The number of rotatable bonds is 6. The number of nitrogens with one attached hydrogen (secondary N) is 2. The summed E-state index contributed by atoms with van der Waals surface area (Å²) in [6, 6.07) is 0. The average molecular weight is 288 g/mol. The summed E-state index contributed by atoms with van der Waals surface area (Å²) in [5.74, 6) is -4.04. The molecular formula is C12H18F2N4O2. The molecular weight excluding hydrogens is 270 g/mol. The van der Waals surface area contributed by atoms with Crippen LogP contribution < -0.4 is 16.6 Å². The molecule has 1 heterocycles. The Morgan fingerprint density at radius 1 is 1.40 bits per heavy atom. The lowest BCUT2D eigenvalue weighted by atomic mass is 10.0. The molecule has 0 saturated heterocycles. The minimum Gasteiger partial charge on any atom is -0.346 e. The van der Waals surface area contributed by atoms with E-state index in [0.717, 1.165) is 0 Å². The van der Waals surface area contributed by atoms with Gasteiger partial charge in [-0.05, 0) is 18.4 Å². The molecule has 6 nitrogen and oxygen atoms in total. The molecule has 0 atom stereocenters. The molecule has 4 N–H and O–H groups in total. The minimum atomic E-state index is -3.20. The number of nitrogens with two attached hydrogens (primary N) is 1. The highest BCUT2D eigenvalue weighted by Crippen LogP contribution is 2.12. The summed E-state index contributed by atoms with van der Waals surface area (Å²) in [6.45, 7) is 1.81. The zero-order chi connectivity index (χ0) is 15.3. The van der Waals surface area contributed by atoms with Crippen molar-refractivity contribution >= 4 is 5.91 Å². The number of halogens is 2. The Bertz CT molecular complexity index is 543. The van der Waals surface area contributed by atoms with E-state index in [-0.39, 0.29) is 5.56 Å². The molecule has 0 unspecified atom stereocenters. The number of aryl methyl sites for hydroxylation is 1. The number of aromatic amines is 1. The maximum Gasteiger partial charge on any atom is 0.277 e. The van der Waals surface area contributed by atoms with E-state index in [2.05, 4.69) is 10.2 Å². The molecule has 0 radical (unpaired) electrons. The number of nitrogens with zero attached hydrogens (tertiary/aromatic N) is 1. The van der Waals surface area contributed by atoms with E-state index in [1.54, 1.807) is 6.92 Å². The monoisotopic (exact) mass is 288 g/mol. The summed E-state index contributed by atoms with van der Waals surface area (Å²) >= 11 is 0. The van der Waals surface area contributed by atoms with Crippen LogP contribution in [0.5, 0.6) is 0 Å². The number of carbonyl (C=O) groups is 1. The Hall–Kier alpha value is -1.83. The summed E-state index contributed by atoms with van der Waals surface area (Å²) in [6.07, 6.45) is 0.940. The Morgan fingerprint density at radius 3 is 2.55 bits per heavy atom. The molecule has 0 bridgehead atoms. The number of aromatic nitrogens is 2. The number of carbonyl (C=O) groups excluding carboxylic acids is 1. The molecule has 0 saturated carbocycles. The van der Waals surface area contributed by atoms with Gasteiger partial charge in [0.05, 0.1) is 18.8 Å². The molecule has 0 aliphatic rings. The van der Waals surface area contributed by atoms with E-state index >= 15 is 0 Å². The van der Waals surface area contributed by atoms with Crippen molar-refractivity contribution in [2.75, 3.05) is 13.1 Å². The summed E-state index contributed by atoms with van der Waals surface area (Å²) in [7, 11) is 0. The highest BCUT2D eigenvalue weighted by atomic mass is 19.3. The zero-order valence-electron chi connectivity index (χ0n) is 11.4. The van der Waals surface area contributed by atoms with Crippen molar-refractivity contribution in [2.45, 2.75) is 32.6 Å². The third-order valence-corrected chi connectivity index (χ3v) is 2.89. The van der Waals surface area contributed by atoms with Gasteiger partial charge in [-0.1, -0.05) is 13.8 Å². The highest BCUT2D eigenvalue weighted by Gasteiger charge is 2.28. The molecule has 0 aliphatic heterocycles. The van der Waals surface area contributed by atoms with Gasteiger partial charge in [-0.15, -0.1) is 0 Å². The fourth-order valence-corrected chi connectivity index (χ4v) is 1.81. The first kappa shape index (κ1) is 16.2. The average Bonchev–Trinajstić information content (AvgIpc) is 2.44. The minimum absolute atomic E-state index is 0.160. The Labute approximate surface area is 114 Å². The lowest BCUT2D eigenvalue weighted by molar-refractivity contribution is 0.0118. The Morgan fingerprint density at radius 2 is 2.05 bits per heavy atom. The Balaban J connectivity index is 3.07. The fourth-order valence-electron chi connectivity index (χ4n) is 1.81. The zero-order valence-corrected chi connectivity index (χ0v) is 11.4. The van der Waals surface area contributed by atoms with Crippen LogP contribution in [0.4, 0.5) is 8.78 Å². The van der Waals surface area contributed by atoms with E-state index in [4.69, 9.17) is 5.73 Å². The fraction of sp³-hybridized carbons (Fsp3) is 0.583. The van der Waals surface area contributed by atoms with E-state index in [0.29, 0.717) is 24.1 Å². The summed E-state index contributed by atoms with van der Waals surface area (Å²) in [5.41, 5.74) is 5.08. The lowest BCUT2D eigenvalue weighted by Crippen LogP contribution is -2.43. The van der Waals surface area contributed by atoms with Crippen LogP contribution in [0.3, 0.4) is 0 Å². The lowest BCUT2D eigenvalue weighted by Gasteiger charge is -2.15. The second kappa shape index (κ2) is 6.56. The van der Waals surface area contributed by atoms with Gasteiger partial charge in [-0.2, -0.15) is 5.10 Å². The van der Waals surface area contributed by atoms with Gasteiger partial charge in [-0.25, -0.2) is 13.9 Å². The van der Waals surface area contributed by atoms with Gasteiger partial charge in [0.25, 0.3) is 17.4 Å². The highest BCUT2D eigenvalue weighted by molar-refractivity contribution is 5.95. The van der Waals surface area contributed by atoms with Crippen molar-refractivity contribution in [3.63, 3.8) is 0 Å². The smallest absolute Gasteiger partial charge is 0.277 e. The van der Waals surface area contributed by atoms with Crippen molar-refractivity contribution in [2.24, 2.45) is 5.73 Å². The molecule has 0 aliphatic carbocycles. The summed E-state index contributed by atoms with van der Waals surface area (Å²) in [5, 5.41) is 8.10. The molecule has 1 amide bonds. The van der Waals surface area contributed by atoms with Crippen LogP contribution in [-0.2, 0) is 12.8 Å². The largest absolute Gasteiger partial charge is 0.346 e. The third kappa shape index (κ3) is 3.60. The maximum atomic E-state index is 13.0. The van der Waals surface area contributed by atoms with Crippen LogP contribution in [-0.4, -0.2) is 35.1 Å². The van der Waals surface area contributed by atoms with Crippen LogP contribution >= 0.6 is 0 Å². The van der Waals surface area contributed by atoms with Crippen LogP contribution in [0.15, 0.2) is 4.79 Å². The van der Waals surface area contributed by atoms with Crippen molar-refractivity contribution in [1.82, 2.24) is 15.5 Å². The second-order valence-corrected chi connectivity index (χ2v) is 4.30. The van der Waals surface area contributed by atoms with E-state index < -0.39 is 30.5 Å². The summed E-state index contributed by atoms with van der Waals surface area (Å²) in [4.78, 5) is 23.7. The van der Waals surface area contributed by atoms with Gasteiger partial charge in [0.15, 0.2) is 0 Å². The number of alkyl halides is 2. The molecule has 8 heteroatoms. The second-order valence-electron chi connectivity index (χ2n) is 4.30. The molecule has 20 heavy (non-hydrogen) atoms. The quantitative estimate of drug-likeness (QED) is 0.697. The van der Waals surface area contributed by atoms with Gasteiger partial charge in [0.2, 0.25) is 0 Å². The van der Waals surface area contributed by atoms with Gasteiger partial charge >= 0.3 is 0 Å². The summed E-state index contributed by atoms with van der Waals surface area (Å²) < 4.78 is 26.0.